The molecular weight excluding hydrogens is 236 g/mol. The van der Waals surface area contributed by atoms with Crippen molar-refractivity contribution in [2.24, 2.45) is 17.1 Å². The Kier molecular flexibility index (Phi) is 4.88. The van der Waals surface area contributed by atoms with Gasteiger partial charge in [0.25, 0.3) is 0 Å². The van der Waals surface area contributed by atoms with Crippen LogP contribution in [0.25, 0.3) is 0 Å². The van der Waals surface area contributed by atoms with Crippen molar-refractivity contribution in [3.8, 4) is 0 Å². The minimum absolute atomic E-state index is 0.191. The van der Waals surface area contributed by atoms with Gasteiger partial charge in [-0.25, -0.2) is 0 Å². The molecule has 1 atom stereocenters. The van der Waals surface area contributed by atoms with E-state index in [1.165, 1.54) is 38.5 Å². The number of amides is 1. The third kappa shape index (κ3) is 3.31. The second-order valence-corrected chi connectivity index (χ2v) is 7.05. The van der Waals surface area contributed by atoms with Crippen molar-refractivity contribution in [2.75, 3.05) is 13.1 Å². The number of nitrogens with two attached hydrogens (primary N) is 1. The lowest BCUT2D eigenvalue weighted by Gasteiger charge is -2.35. The zero-order chi connectivity index (χ0) is 13.9. The molecule has 0 aromatic heterocycles. The van der Waals surface area contributed by atoms with Crippen LogP contribution in [-0.4, -0.2) is 29.9 Å². The molecule has 2 N–H and O–H groups in total. The zero-order valence-electron chi connectivity index (χ0n) is 12.7. The summed E-state index contributed by atoms with van der Waals surface area (Å²) in [6, 6.07) is 0.496. The largest absolute Gasteiger partial charge is 0.339 e. The molecule has 3 heteroatoms. The Labute approximate surface area is 117 Å². The SMILES string of the molecule is CC1(C)CCCC1C(=O)N(CCCN)C1CCCC1. The van der Waals surface area contributed by atoms with Crippen molar-refractivity contribution < 1.29 is 4.79 Å². The summed E-state index contributed by atoms with van der Waals surface area (Å²) in [6.45, 7) is 6.08. The molecule has 0 aliphatic heterocycles. The van der Waals surface area contributed by atoms with E-state index in [-0.39, 0.29) is 11.3 Å². The van der Waals surface area contributed by atoms with Crippen molar-refractivity contribution in [2.45, 2.75) is 71.3 Å². The monoisotopic (exact) mass is 266 g/mol. The van der Waals surface area contributed by atoms with E-state index in [0.29, 0.717) is 18.5 Å². The molecule has 0 aromatic rings. The maximum Gasteiger partial charge on any atom is 0.226 e. The molecule has 3 nitrogen and oxygen atoms in total. The van der Waals surface area contributed by atoms with Crippen LogP contribution in [0.5, 0.6) is 0 Å². The molecule has 2 fully saturated rings. The summed E-state index contributed by atoms with van der Waals surface area (Å²) in [5, 5.41) is 0. The molecule has 0 saturated heterocycles. The second kappa shape index (κ2) is 6.25. The van der Waals surface area contributed by atoms with E-state index >= 15 is 0 Å². The smallest absolute Gasteiger partial charge is 0.226 e. The molecule has 1 amide bonds. The molecule has 1 unspecified atom stereocenters. The Bertz CT molecular complexity index is 308. The topological polar surface area (TPSA) is 46.3 Å². The maximum absolute atomic E-state index is 12.9. The highest BCUT2D eigenvalue weighted by Gasteiger charge is 2.42. The first kappa shape index (κ1) is 14.8. The lowest BCUT2D eigenvalue weighted by Crippen LogP contribution is -2.45. The number of rotatable bonds is 5. The van der Waals surface area contributed by atoms with Gasteiger partial charge in [-0.15, -0.1) is 0 Å². The van der Waals surface area contributed by atoms with E-state index in [1.807, 2.05) is 0 Å². The van der Waals surface area contributed by atoms with Crippen LogP contribution in [0.1, 0.15) is 65.2 Å². The predicted octanol–water partition coefficient (Wildman–Crippen LogP) is 2.93. The standard InChI is InChI=1S/C16H30N2O/c1-16(2)10-5-9-14(16)15(19)18(12-6-11-17)13-7-3-4-8-13/h13-14H,3-12,17H2,1-2H3. The van der Waals surface area contributed by atoms with E-state index in [4.69, 9.17) is 5.73 Å². The van der Waals surface area contributed by atoms with Gasteiger partial charge < -0.3 is 10.6 Å². The third-order valence-electron chi connectivity index (χ3n) is 5.21. The highest BCUT2D eigenvalue weighted by molar-refractivity contribution is 5.80. The first-order valence-electron chi connectivity index (χ1n) is 8.07. The Morgan fingerprint density at radius 1 is 1.21 bits per heavy atom. The molecule has 0 bridgehead atoms. The van der Waals surface area contributed by atoms with Crippen LogP contribution in [0.4, 0.5) is 0 Å². The van der Waals surface area contributed by atoms with Crippen LogP contribution in [0.2, 0.25) is 0 Å². The van der Waals surface area contributed by atoms with Crippen molar-refractivity contribution >= 4 is 5.91 Å². The second-order valence-electron chi connectivity index (χ2n) is 7.05. The van der Waals surface area contributed by atoms with Gasteiger partial charge in [-0.2, -0.15) is 0 Å². The molecule has 19 heavy (non-hydrogen) atoms. The number of carbonyl (C=O) groups excluding carboxylic acids is 1. The van der Waals surface area contributed by atoms with E-state index in [1.54, 1.807) is 0 Å². The van der Waals surface area contributed by atoms with E-state index in [2.05, 4.69) is 18.7 Å². The first-order chi connectivity index (χ1) is 9.06. The average Bonchev–Trinajstić information content (AvgIpc) is 2.98. The van der Waals surface area contributed by atoms with Crippen molar-refractivity contribution in [1.82, 2.24) is 4.90 Å². The van der Waals surface area contributed by atoms with E-state index in [0.717, 1.165) is 19.4 Å². The average molecular weight is 266 g/mol. The highest BCUT2D eigenvalue weighted by Crippen LogP contribution is 2.44. The third-order valence-corrected chi connectivity index (χ3v) is 5.21. The summed E-state index contributed by atoms with van der Waals surface area (Å²) in [6.07, 6.45) is 9.38. The van der Waals surface area contributed by atoms with Crippen molar-refractivity contribution in [1.29, 1.82) is 0 Å². The summed E-state index contributed by atoms with van der Waals surface area (Å²) in [4.78, 5) is 15.1. The van der Waals surface area contributed by atoms with Crippen molar-refractivity contribution in [3.05, 3.63) is 0 Å². The molecule has 2 rings (SSSR count). The molecule has 0 radical (unpaired) electrons. The lowest BCUT2D eigenvalue weighted by molar-refractivity contribution is -0.140. The van der Waals surface area contributed by atoms with Gasteiger partial charge in [-0.1, -0.05) is 33.1 Å². The molecule has 0 spiro atoms. The van der Waals surface area contributed by atoms with E-state index < -0.39 is 0 Å². The van der Waals surface area contributed by atoms with Crippen molar-refractivity contribution in [3.63, 3.8) is 0 Å². The Morgan fingerprint density at radius 3 is 2.42 bits per heavy atom. The molecule has 0 heterocycles. The van der Waals surface area contributed by atoms with Crippen LogP contribution >= 0.6 is 0 Å². The minimum atomic E-state index is 0.191. The molecular formula is C16H30N2O. The fourth-order valence-corrected chi connectivity index (χ4v) is 3.93. The van der Waals surface area contributed by atoms with Gasteiger partial charge >= 0.3 is 0 Å². The van der Waals surface area contributed by atoms with Gasteiger partial charge in [-0.3, -0.25) is 4.79 Å². The summed E-state index contributed by atoms with van der Waals surface area (Å²) in [5.74, 6) is 0.661. The fraction of sp³-hybridized carbons (Fsp3) is 0.938. The molecule has 110 valence electrons. The fourth-order valence-electron chi connectivity index (χ4n) is 3.93. The quantitative estimate of drug-likeness (QED) is 0.831. The Morgan fingerprint density at radius 2 is 1.89 bits per heavy atom. The normalized spacial score (nSPS) is 26.8. The van der Waals surface area contributed by atoms with Gasteiger partial charge in [0.1, 0.15) is 0 Å². The number of hydrogen-bond acceptors (Lipinski definition) is 2. The number of carbonyl (C=O) groups is 1. The van der Waals surface area contributed by atoms with Crippen LogP contribution in [-0.2, 0) is 4.79 Å². The van der Waals surface area contributed by atoms with Crippen LogP contribution in [0.15, 0.2) is 0 Å². The predicted molar refractivity (Wildman–Crippen MR) is 78.8 cm³/mol. The molecule has 0 aromatic carbocycles. The first-order valence-corrected chi connectivity index (χ1v) is 8.07. The zero-order valence-corrected chi connectivity index (χ0v) is 12.7. The number of nitrogens with zero attached hydrogens (tertiary/aromatic N) is 1. The summed E-state index contributed by atoms with van der Waals surface area (Å²) in [5.41, 5.74) is 5.84. The number of hydrogen-bond donors (Lipinski definition) is 1. The Balaban J connectivity index is 2.06. The van der Waals surface area contributed by atoms with Gasteiger partial charge in [0.15, 0.2) is 0 Å². The molecule has 2 aliphatic carbocycles. The van der Waals surface area contributed by atoms with Gasteiger partial charge in [-0.05, 0) is 44.1 Å². The van der Waals surface area contributed by atoms with Crippen LogP contribution in [0.3, 0.4) is 0 Å². The molecule has 2 aliphatic rings. The summed E-state index contributed by atoms with van der Waals surface area (Å²) >= 11 is 0. The lowest BCUT2D eigenvalue weighted by atomic mass is 9.81. The molecule has 2 saturated carbocycles. The minimum Gasteiger partial charge on any atom is -0.339 e. The van der Waals surface area contributed by atoms with Crippen LogP contribution in [0, 0.1) is 11.3 Å². The Hall–Kier alpha value is -0.570. The maximum atomic E-state index is 12.9. The van der Waals surface area contributed by atoms with Gasteiger partial charge in [0.05, 0.1) is 0 Å². The van der Waals surface area contributed by atoms with Crippen LogP contribution < -0.4 is 5.73 Å². The van der Waals surface area contributed by atoms with E-state index in [9.17, 15) is 4.79 Å². The van der Waals surface area contributed by atoms with Gasteiger partial charge in [0, 0.05) is 18.5 Å². The summed E-state index contributed by atoms with van der Waals surface area (Å²) < 4.78 is 0. The summed E-state index contributed by atoms with van der Waals surface area (Å²) in [7, 11) is 0. The highest BCUT2D eigenvalue weighted by atomic mass is 16.2. The van der Waals surface area contributed by atoms with Gasteiger partial charge in [0.2, 0.25) is 5.91 Å².